The second kappa shape index (κ2) is 6.70. The summed E-state index contributed by atoms with van der Waals surface area (Å²) < 4.78 is 5.87. The highest BCUT2D eigenvalue weighted by Gasteiger charge is 2.50. The van der Waals surface area contributed by atoms with E-state index < -0.39 is 0 Å². The number of nitrogens with one attached hydrogen (secondary N) is 1. The van der Waals surface area contributed by atoms with Gasteiger partial charge in [-0.3, -0.25) is 4.79 Å². The first-order valence-electron chi connectivity index (χ1n) is 10.3. The van der Waals surface area contributed by atoms with Crippen molar-refractivity contribution in [2.24, 2.45) is 23.2 Å². The highest BCUT2D eigenvalue weighted by Crippen LogP contribution is 2.59. The lowest BCUT2D eigenvalue weighted by atomic mass is 9.49. The van der Waals surface area contributed by atoms with Crippen LogP contribution in [0, 0.1) is 23.2 Å². The van der Waals surface area contributed by atoms with Gasteiger partial charge in [-0.15, -0.1) is 0 Å². The van der Waals surface area contributed by atoms with Crippen LogP contribution in [0.5, 0.6) is 11.5 Å². The molecule has 4 aliphatic rings. The lowest BCUT2D eigenvalue weighted by molar-refractivity contribution is -0.0503. The van der Waals surface area contributed by atoms with Gasteiger partial charge in [-0.1, -0.05) is 24.3 Å². The Morgan fingerprint density at radius 2 is 1.52 bits per heavy atom. The van der Waals surface area contributed by atoms with Crippen molar-refractivity contribution in [3.05, 3.63) is 60.2 Å². The summed E-state index contributed by atoms with van der Waals surface area (Å²) in [6.07, 6.45) is 8.26. The van der Waals surface area contributed by atoms with Gasteiger partial charge in [0.05, 0.1) is 0 Å². The van der Waals surface area contributed by atoms with Gasteiger partial charge in [-0.05, 0) is 92.0 Å². The summed E-state index contributed by atoms with van der Waals surface area (Å²) in [6.45, 7) is 0.832. The number of rotatable bonds is 5. The van der Waals surface area contributed by atoms with Gasteiger partial charge in [0.15, 0.2) is 0 Å². The van der Waals surface area contributed by atoms with E-state index in [-0.39, 0.29) is 5.91 Å². The van der Waals surface area contributed by atoms with Crippen LogP contribution in [-0.2, 0) is 0 Å². The maximum absolute atomic E-state index is 12.8. The smallest absolute Gasteiger partial charge is 0.251 e. The largest absolute Gasteiger partial charge is 0.457 e. The highest BCUT2D eigenvalue weighted by molar-refractivity contribution is 5.94. The second-order valence-corrected chi connectivity index (χ2v) is 9.04. The summed E-state index contributed by atoms with van der Waals surface area (Å²) in [5.41, 5.74) is 1.04. The molecule has 4 bridgehead atoms. The van der Waals surface area contributed by atoms with E-state index in [0.717, 1.165) is 30.0 Å². The maximum atomic E-state index is 12.8. The molecule has 4 aliphatic carbocycles. The quantitative estimate of drug-likeness (QED) is 0.772. The Hall–Kier alpha value is -2.29. The SMILES string of the molecule is O=C(NCC12CC3CC(CC(C3)C1)C2)c1cccc(Oc2ccccc2)c1. The van der Waals surface area contributed by atoms with Gasteiger partial charge < -0.3 is 10.1 Å². The minimum absolute atomic E-state index is 0.0178. The number of carbonyl (C=O) groups is 1. The van der Waals surface area contributed by atoms with Crippen LogP contribution in [0.15, 0.2) is 54.6 Å². The molecule has 0 atom stereocenters. The molecular formula is C24H27NO2. The minimum atomic E-state index is 0.0178. The van der Waals surface area contributed by atoms with E-state index in [1.807, 2.05) is 54.6 Å². The molecule has 0 radical (unpaired) electrons. The Morgan fingerprint density at radius 3 is 2.19 bits per heavy atom. The van der Waals surface area contributed by atoms with Crippen molar-refractivity contribution in [1.82, 2.24) is 5.32 Å². The molecule has 1 N–H and O–H groups in total. The van der Waals surface area contributed by atoms with Gasteiger partial charge in [0, 0.05) is 12.1 Å². The summed E-state index contributed by atoms with van der Waals surface area (Å²) in [4.78, 5) is 12.8. The number of hydrogen-bond donors (Lipinski definition) is 1. The Labute approximate surface area is 161 Å². The molecule has 0 unspecified atom stereocenters. The molecule has 3 heteroatoms. The van der Waals surface area contributed by atoms with E-state index in [1.54, 1.807) is 0 Å². The zero-order chi connectivity index (χ0) is 18.3. The Morgan fingerprint density at radius 1 is 0.889 bits per heavy atom. The van der Waals surface area contributed by atoms with Gasteiger partial charge in [0.1, 0.15) is 11.5 Å². The highest BCUT2D eigenvalue weighted by atomic mass is 16.5. The monoisotopic (exact) mass is 361 g/mol. The van der Waals surface area contributed by atoms with Crippen molar-refractivity contribution in [1.29, 1.82) is 0 Å². The summed E-state index contributed by atoms with van der Waals surface area (Å²) in [6, 6.07) is 17.2. The zero-order valence-electron chi connectivity index (χ0n) is 15.7. The van der Waals surface area contributed by atoms with Gasteiger partial charge in [0.2, 0.25) is 0 Å². The van der Waals surface area contributed by atoms with Gasteiger partial charge >= 0.3 is 0 Å². The fraction of sp³-hybridized carbons (Fsp3) is 0.458. The van der Waals surface area contributed by atoms with Crippen molar-refractivity contribution in [2.75, 3.05) is 6.54 Å². The van der Waals surface area contributed by atoms with Crippen molar-refractivity contribution in [3.63, 3.8) is 0 Å². The summed E-state index contributed by atoms with van der Waals surface area (Å²) in [7, 11) is 0. The number of ether oxygens (including phenoxy) is 1. The van der Waals surface area contributed by atoms with Crippen LogP contribution in [-0.4, -0.2) is 12.5 Å². The lowest BCUT2D eigenvalue weighted by Crippen LogP contribution is -2.51. The number of carbonyl (C=O) groups excluding carboxylic acids is 1. The Balaban J connectivity index is 1.24. The number of para-hydroxylation sites is 1. The average molecular weight is 361 g/mol. The first kappa shape index (κ1) is 16.9. The molecule has 2 aromatic rings. The third-order valence-electron chi connectivity index (χ3n) is 6.86. The topological polar surface area (TPSA) is 38.3 Å². The van der Waals surface area contributed by atoms with E-state index in [2.05, 4.69) is 5.32 Å². The van der Waals surface area contributed by atoms with Crippen molar-refractivity contribution >= 4 is 5.91 Å². The molecular weight excluding hydrogens is 334 g/mol. The van der Waals surface area contributed by atoms with Crippen molar-refractivity contribution < 1.29 is 9.53 Å². The molecule has 1 amide bonds. The lowest BCUT2D eigenvalue weighted by Gasteiger charge is -2.56. The molecule has 140 valence electrons. The molecule has 0 heterocycles. The average Bonchev–Trinajstić information content (AvgIpc) is 2.66. The molecule has 0 spiro atoms. The van der Waals surface area contributed by atoms with E-state index in [9.17, 15) is 4.79 Å². The standard InChI is InChI=1S/C24H27NO2/c26-23(20-5-4-8-22(12-20)27-21-6-2-1-3-7-21)25-16-24-13-17-9-18(14-24)11-19(10-17)15-24/h1-8,12,17-19H,9-11,13-16H2,(H,25,26). The first-order chi connectivity index (χ1) is 13.2. The van der Waals surface area contributed by atoms with E-state index in [1.165, 1.54) is 38.5 Å². The van der Waals surface area contributed by atoms with Crippen LogP contribution in [0.25, 0.3) is 0 Å². The predicted molar refractivity (Wildman–Crippen MR) is 106 cm³/mol. The minimum Gasteiger partial charge on any atom is -0.457 e. The summed E-state index contributed by atoms with van der Waals surface area (Å²) >= 11 is 0. The molecule has 6 rings (SSSR count). The Kier molecular flexibility index (Phi) is 4.18. The summed E-state index contributed by atoms with van der Waals surface area (Å²) in [5, 5.41) is 3.25. The Bertz CT molecular complexity index is 794. The number of hydrogen-bond acceptors (Lipinski definition) is 2. The molecule has 0 saturated heterocycles. The molecule has 2 aromatic carbocycles. The fourth-order valence-electron chi connectivity index (χ4n) is 6.20. The number of amides is 1. The van der Waals surface area contributed by atoms with Crippen LogP contribution in [0.1, 0.15) is 48.9 Å². The third-order valence-corrected chi connectivity index (χ3v) is 6.86. The molecule has 4 saturated carbocycles. The molecule has 3 nitrogen and oxygen atoms in total. The van der Waals surface area contributed by atoms with Crippen LogP contribution >= 0.6 is 0 Å². The van der Waals surface area contributed by atoms with Crippen LogP contribution in [0.3, 0.4) is 0 Å². The number of benzene rings is 2. The maximum Gasteiger partial charge on any atom is 0.251 e. The zero-order valence-corrected chi connectivity index (χ0v) is 15.7. The van der Waals surface area contributed by atoms with Crippen LogP contribution in [0.4, 0.5) is 0 Å². The fourth-order valence-corrected chi connectivity index (χ4v) is 6.20. The molecule has 0 aromatic heterocycles. The third kappa shape index (κ3) is 3.47. The van der Waals surface area contributed by atoms with Crippen molar-refractivity contribution in [2.45, 2.75) is 38.5 Å². The van der Waals surface area contributed by atoms with Gasteiger partial charge in [-0.2, -0.15) is 0 Å². The predicted octanol–water partition coefficient (Wildman–Crippen LogP) is 5.43. The summed E-state index contributed by atoms with van der Waals surface area (Å²) in [5.74, 6) is 4.23. The second-order valence-electron chi connectivity index (χ2n) is 9.04. The first-order valence-corrected chi connectivity index (χ1v) is 10.3. The van der Waals surface area contributed by atoms with Gasteiger partial charge in [0.25, 0.3) is 5.91 Å². The van der Waals surface area contributed by atoms with E-state index in [4.69, 9.17) is 4.74 Å². The normalized spacial score (nSPS) is 30.9. The van der Waals surface area contributed by atoms with Crippen LogP contribution < -0.4 is 10.1 Å². The van der Waals surface area contributed by atoms with Crippen molar-refractivity contribution in [3.8, 4) is 11.5 Å². The van der Waals surface area contributed by atoms with E-state index in [0.29, 0.717) is 16.7 Å². The van der Waals surface area contributed by atoms with E-state index >= 15 is 0 Å². The van der Waals surface area contributed by atoms with Gasteiger partial charge in [-0.25, -0.2) is 0 Å². The molecule has 0 aliphatic heterocycles. The molecule has 4 fully saturated rings. The van der Waals surface area contributed by atoms with Crippen LogP contribution in [0.2, 0.25) is 0 Å². The molecule has 27 heavy (non-hydrogen) atoms.